The van der Waals surface area contributed by atoms with Gasteiger partial charge in [0.15, 0.2) is 9.84 Å². The van der Waals surface area contributed by atoms with Crippen LogP contribution in [0.4, 0.5) is 5.82 Å². The van der Waals surface area contributed by atoms with E-state index in [1.165, 1.54) is 6.26 Å². The number of para-hydroxylation sites is 1. The molecule has 0 amide bonds. The second-order valence-electron chi connectivity index (χ2n) is 5.51. The van der Waals surface area contributed by atoms with Crippen LogP contribution in [0, 0.1) is 11.8 Å². The summed E-state index contributed by atoms with van der Waals surface area (Å²) in [5.41, 5.74) is 1.69. The van der Waals surface area contributed by atoms with E-state index in [0.29, 0.717) is 17.9 Å². The number of hydrogen-bond acceptors (Lipinski definition) is 5. The molecular weight excluding hydrogens is 334 g/mol. The zero-order valence-corrected chi connectivity index (χ0v) is 14.5. The molecule has 0 aliphatic rings. The van der Waals surface area contributed by atoms with Crippen LogP contribution in [-0.2, 0) is 9.84 Å². The second-order valence-corrected chi connectivity index (χ2v) is 7.53. The number of rotatable bonds is 4. The molecule has 0 aliphatic carbocycles. The quantitative estimate of drug-likeness (QED) is 0.578. The highest BCUT2D eigenvalue weighted by Gasteiger charge is 2.05. The molecule has 25 heavy (non-hydrogen) atoms. The van der Waals surface area contributed by atoms with Crippen molar-refractivity contribution < 1.29 is 8.42 Å². The molecule has 3 rings (SSSR count). The lowest BCUT2D eigenvalue weighted by Gasteiger charge is -2.05. The highest BCUT2D eigenvalue weighted by atomic mass is 32.2. The van der Waals surface area contributed by atoms with E-state index in [0.717, 1.165) is 22.3 Å². The Morgan fingerprint density at radius 1 is 1.04 bits per heavy atom. The number of anilines is 1. The highest BCUT2D eigenvalue weighted by molar-refractivity contribution is 7.90. The monoisotopic (exact) mass is 351 g/mol. The Hall–Kier alpha value is -2.91. The van der Waals surface area contributed by atoms with E-state index < -0.39 is 9.84 Å². The molecule has 0 atom stereocenters. The number of sulfone groups is 1. The van der Waals surface area contributed by atoms with Crippen molar-refractivity contribution in [3.63, 3.8) is 0 Å². The molecule has 0 bridgehead atoms. The van der Waals surface area contributed by atoms with Gasteiger partial charge in [-0.2, -0.15) is 0 Å². The van der Waals surface area contributed by atoms with Gasteiger partial charge in [-0.15, -0.1) is 0 Å². The van der Waals surface area contributed by atoms with E-state index in [4.69, 9.17) is 0 Å². The van der Waals surface area contributed by atoms with E-state index in [2.05, 4.69) is 27.1 Å². The molecule has 0 fully saturated rings. The zero-order chi connectivity index (χ0) is 17.7. The Kier molecular flexibility index (Phi) is 4.96. The first-order valence-corrected chi connectivity index (χ1v) is 9.66. The molecule has 6 heteroatoms. The third-order valence-electron chi connectivity index (χ3n) is 3.60. The van der Waals surface area contributed by atoms with Crippen molar-refractivity contribution in [2.75, 3.05) is 18.1 Å². The Balaban J connectivity index is 1.60. The topological polar surface area (TPSA) is 72.0 Å². The molecular formula is C19H17N3O2S. The molecule has 2 aromatic carbocycles. The first-order valence-electron chi connectivity index (χ1n) is 7.77. The Morgan fingerprint density at radius 2 is 1.80 bits per heavy atom. The molecule has 3 aromatic rings. The molecule has 1 N–H and O–H groups in total. The lowest BCUT2D eigenvalue weighted by Crippen LogP contribution is -2.03. The number of benzene rings is 2. The lowest BCUT2D eigenvalue weighted by atomic mass is 10.2. The first kappa shape index (κ1) is 16.9. The van der Waals surface area contributed by atoms with Gasteiger partial charge >= 0.3 is 0 Å². The van der Waals surface area contributed by atoms with Crippen LogP contribution in [0.15, 0.2) is 59.8 Å². The standard InChI is InChI=1S/C19H17N3O2S/c1-25(23,24)16-11-9-15(10-12-16)6-4-5-13-20-19-17-7-2-3-8-18(17)21-14-22-19/h2-3,7-12,14H,5,13H2,1H3,(H,20,21,22). The summed E-state index contributed by atoms with van der Waals surface area (Å²) >= 11 is 0. The minimum Gasteiger partial charge on any atom is -0.368 e. The number of aromatic nitrogens is 2. The third kappa shape index (κ3) is 4.34. The summed E-state index contributed by atoms with van der Waals surface area (Å²) in [6, 6.07) is 14.4. The molecule has 0 saturated heterocycles. The molecule has 1 heterocycles. The van der Waals surface area contributed by atoms with Crippen molar-refractivity contribution in [2.24, 2.45) is 0 Å². The van der Waals surface area contributed by atoms with E-state index in [1.807, 2.05) is 24.3 Å². The number of nitrogens with zero attached hydrogens (tertiary/aromatic N) is 2. The van der Waals surface area contributed by atoms with Gasteiger partial charge in [0, 0.05) is 30.2 Å². The summed E-state index contributed by atoms with van der Waals surface area (Å²) in [5.74, 6) is 6.90. The Bertz CT molecular complexity index is 1040. The predicted molar refractivity (Wildman–Crippen MR) is 99.1 cm³/mol. The first-order chi connectivity index (χ1) is 12.0. The molecule has 0 spiro atoms. The minimum absolute atomic E-state index is 0.301. The summed E-state index contributed by atoms with van der Waals surface area (Å²) in [5, 5.41) is 4.25. The van der Waals surface area contributed by atoms with Crippen molar-refractivity contribution in [3.8, 4) is 11.8 Å². The average Bonchev–Trinajstić information content (AvgIpc) is 2.61. The summed E-state index contributed by atoms with van der Waals surface area (Å²) in [4.78, 5) is 8.80. The van der Waals surface area contributed by atoms with Gasteiger partial charge in [0.1, 0.15) is 12.1 Å². The molecule has 1 aromatic heterocycles. The summed E-state index contributed by atoms with van der Waals surface area (Å²) in [6.45, 7) is 0.662. The van der Waals surface area contributed by atoms with Crippen molar-refractivity contribution in [3.05, 3.63) is 60.4 Å². The molecule has 0 saturated carbocycles. The lowest BCUT2D eigenvalue weighted by molar-refractivity contribution is 0.602. The van der Waals surface area contributed by atoms with Gasteiger partial charge in [0.2, 0.25) is 0 Å². The highest BCUT2D eigenvalue weighted by Crippen LogP contribution is 2.18. The van der Waals surface area contributed by atoms with E-state index in [1.54, 1.807) is 30.6 Å². The van der Waals surface area contributed by atoms with Gasteiger partial charge < -0.3 is 5.32 Å². The van der Waals surface area contributed by atoms with Crippen LogP contribution in [-0.4, -0.2) is 31.2 Å². The maximum atomic E-state index is 11.4. The van der Waals surface area contributed by atoms with Crippen molar-refractivity contribution in [1.29, 1.82) is 0 Å². The van der Waals surface area contributed by atoms with Crippen LogP contribution in [0.2, 0.25) is 0 Å². The zero-order valence-electron chi connectivity index (χ0n) is 13.7. The van der Waals surface area contributed by atoms with Gasteiger partial charge in [-0.05, 0) is 36.4 Å². The Morgan fingerprint density at radius 3 is 2.56 bits per heavy atom. The predicted octanol–water partition coefficient (Wildman–Crippen LogP) is 2.89. The maximum Gasteiger partial charge on any atom is 0.175 e. The van der Waals surface area contributed by atoms with Crippen LogP contribution >= 0.6 is 0 Å². The van der Waals surface area contributed by atoms with Crippen LogP contribution in [0.5, 0.6) is 0 Å². The minimum atomic E-state index is -3.17. The maximum absolute atomic E-state index is 11.4. The normalized spacial score (nSPS) is 10.9. The largest absolute Gasteiger partial charge is 0.368 e. The van der Waals surface area contributed by atoms with E-state index in [9.17, 15) is 8.42 Å². The molecule has 5 nitrogen and oxygen atoms in total. The van der Waals surface area contributed by atoms with E-state index >= 15 is 0 Å². The fraction of sp³-hybridized carbons (Fsp3) is 0.158. The number of nitrogens with one attached hydrogen (secondary N) is 1. The summed E-state index contributed by atoms with van der Waals surface area (Å²) in [6.07, 6.45) is 3.38. The smallest absolute Gasteiger partial charge is 0.175 e. The molecule has 0 unspecified atom stereocenters. The van der Waals surface area contributed by atoms with Gasteiger partial charge in [-0.25, -0.2) is 18.4 Å². The van der Waals surface area contributed by atoms with Crippen molar-refractivity contribution in [1.82, 2.24) is 9.97 Å². The van der Waals surface area contributed by atoms with Crippen LogP contribution in [0.1, 0.15) is 12.0 Å². The van der Waals surface area contributed by atoms with Gasteiger partial charge in [-0.3, -0.25) is 0 Å². The molecule has 0 aliphatic heterocycles. The van der Waals surface area contributed by atoms with Gasteiger partial charge in [0.25, 0.3) is 0 Å². The van der Waals surface area contributed by atoms with Crippen LogP contribution in [0.25, 0.3) is 10.9 Å². The fourth-order valence-electron chi connectivity index (χ4n) is 2.34. The third-order valence-corrected chi connectivity index (χ3v) is 4.73. The fourth-order valence-corrected chi connectivity index (χ4v) is 2.97. The average molecular weight is 351 g/mol. The summed E-state index contributed by atoms with van der Waals surface area (Å²) in [7, 11) is -3.17. The second kappa shape index (κ2) is 7.32. The van der Waals surface area contributed by atoms with Gasteiger partial charge in [-0.1, -0.05) is 24.0 Å². The van der Waals surface area contributed by atoms with Crippen molar-refractivity contribution >= 4 is 26.6 Å². The summed E-state index contributed by atoms with van der Waals surface area (Å²) < 4.78 is 22.8. The molecule has 0 radical (unpaired) electrons. The number of hydrogen-bond donors (Lipinski definition) is 1. The van der Waals surface area contributed by atoms with Gasteiger partial charge in [0.05, 0.1) is 10.4 Å². The molecule has 126 valence electrons. The number of fused-ring (bicyclic) bond motifs is 1. The van der Waals surface area contributed by atoms with Crippen LogP contribution in [0.3, 0.4) is 0 Å². The van der Waals surface area contributed by atoms with E-state index in [-0.39, 0.29) is 0 Å². The van der Waals surface area contributed by atoms with Crippen LogP contribution < -0.4 is 5.32 Å². The SMILES string of the molecule is CS(=O)(=O)c1ccc(C#CCCNc2ncnc3ccccc23)cc1. The van der Waals surface area contributed by atoms with Crippen molar-refractivity contribution in [2.45, 2.75) is 11.3 Å². The Labute approximate surface area is 147 Å².